The molecular weight excluding hydrogens is 178 g/mol. The van der Waals surface area contributed by atoms with Crippen LogP contribution in [0.1, 0.15) is 19.3 Å². The lowest BCUT2D eigenvalue weighted by Crippen LogP contribution is -2.31. The first-order chi connectivity index (χ1) is 6.70. The topological polar surface area (TPSA) is 41.7 Å². The first-order valence-electron chi connectivity index (χ1n) is 5.15. The molecule has 0 radical (unpaired) electrons. The van der Waals surface area contributed by atoms with E-state index in [-0.39, 0.29) is 0 Å². The number of rotatable bonds is 3. The van der Waals surface area contributed by atoms with Crippen molar-refractivity contribution >= 4 is 0 Å². The molecule has 1 fully saturated rings. The van der Waals surface area contributed by atoms with Gasteiger partial charge in [0, 0.05) is 33.1 Å². The van der Waals surface area contributed by atoms with E-state index in [2.05, 4.69) is 11.9 Å². The van der Waals surface area contributed by atoms with Gasteiger partial charge in [-0.2, -0.15) is 0 Å². The van der Waals surface area contributed by atoms with Crippen molar-refractivity contribution in [1.29, 1.82) is 0 Å². The van der Waals surface area contributed by atoms with E-state index in [1.54, 1.807) is 5.01 Å². The van der Waals surface area contributed by atoms with Crippen LogP contribution in [0.4, 0.5) is 0 Å². The molecule has 1 saturated heterocycles. The Morgan fingerprint density at radius 2 is 2.07 bits per heavy atom. The summed E-state index contributed by atoms with van der Waals surface area (Å²) in [5.41, 5.74) is 0. The van der Waals surface area contributed by atoms with Gasteiger partial charge in [-0.15, -0.1) is 0 Å². The molecule has 1 aliphatic rings. The van der Waals surface area contributed by atoms with Gasteiger partial charge in [0.15, 0.2) is 0 Å². The van der Waals surface area contributed by atoms with Gasteiger partial charge < -0.3 is 14.6 Å². The van der Waals surface area contributed by atoms with Crippen molar-refractivity contribution in [2.45, 2.75) is 25.3 Å². The minimum atomic E-state index is 0.494. The highest BCUT2D eigenvalue weighted by atomic mass is 16.5. The molecule has 4 nitrogen and oxygen atoms in total. The number of hydrogen-bond donors (Lipinski definition) is 1. The summed E-state index contributed by atoms with van der Waals surface area (Å²) in [7, 11) is 3.88. The second-order valence-electron chi connectivity index (χ2n) is 3.85. The molecular formula is C10H21N3O. The molecule has 0 spiro atoms. The van der Waals surface area contributed by atoms with Crippen molar-refractivity contribution in [2.24, 2.45) is 5.84 Å². The molecule has 0 aromatic carbocycles. The van der Waals surface area contributed by atoms with Crippen molar-refractivity contribution in [1.82, 2.24) is 9.91 Å². The largest absolute Gasteiger partial charge is 0.379 e. The van der Waals surface area contributed by atoms with E-state index in [0.29, 0.717) is 6.04 Å². The van der Waals surface area contributed by atoms with Gasteiger partial charge in [-0.05, 0) is 19.3 Å². The molecule has 0 amide bonds. The molecule has 1 atom stereocenters. The Bertz CT molecular complexity index is 174. The summed E-state index contributed by atoms with van der Waals surface area (Å²) >= 11 is 0. The van der Waals surface area contributed by atoms with Crippen molar-refractivity contribution < 1.29 is 4.74 Å². The van der Waals surface area contributed by atoms with E-state index in [9.17, 15) is 0 Å². The highest BCUT2D eigenvalue weighted by Crippen LogP contribution is 2.12. The Morgan fingerprint density at radius 3 is 2.79 bits per heavy atom. The Labute approximate surface area is 86.3 Å². The van der Waals surface area contributed by atoms with Crippen molar-refractivity contribution in [3.63, 3.8) is 0 Å². The Balaban J connectivity index is 2.37. The van der Waals surface area contributed by atoms with Gasteiger partial charge in [0.1, 0.15) is 0 Å². The number of likely N-dealkylation sites (N-methyl/N-ethyl adjacent to an activating group) is 1. The molecule has 0 aromatic rings. The van der Waals surface area contributed by atoms with Crippen LogP contribution in [0.25, 0.3) is 0 Å². The average Bonchev–Trinajstić information content (AvgIpc) is 2.42. The van der Waals surface area contributed by atoms with Crippen LogP contribution in [0.3, 0.4) is 0 Å². The predicted molar refractivity (Wildman–Crippen MR) is 57.3 cm³/mol. The van der Waals surface area contributed by atoms with Crippen LogP contribution in [0.2, 0.25) is 0 Å². The third-order valence-corrected chi connectivity index (χ3v) is 2.50. The molecule has 82 valence electrons. The normalized spacial score (nSPS) is 23.5. The third kappa shape index (κ3) is 3.98. The van der Waals surface area contributed by atoms with Crippen LogP contribution in [0, 0.1) is 0 Å². The highest BCUT2D eigenvalue weighted by molar-refractivity contribution is 4.83. The van der Waals surface area contributed by atoms with Crippen molar-refractivity contribution in [3.05, 3.63) is 12.4 Å². The maximum atomic E-state index is 5.51. The summed E-state index contributed by atoms with van der Waals surface area (Å²) in [5, 5.41) is 1.55. The molecule has 1 unspecified atom stereocenters. The lowest BCUT2D eigenvalue weighted by Gasteiger charge is -2.25. The van der Waals surface area contributed by atoms with Crippen LogP contribution in [-0.4, -0.2) is 43.3 Å². The second-order valence-corrected chi connectivity index (χ2v) is 3.85. The average molecular weight is 199 g/mol. The summed E-state index contributed by atoms with van der Waals surface area (Å²) in [4.78, 5) is 2.18. The molecule has 14 heavy (non-hydrogen) atoms. The fraction of sp³-hybridized carbons (Fsp3) is 0.800. The zero-order chi connectivity index (χ0) is 10.4. The third-order valence-electron chi connectivity index (χ3n) is 2.50. The molecule has 1 rings (SSSR count). The van der Waals surface area contributed by atoms with Crippen LogP contribution < -0.4 is 5.84 Å². The fourth-order valence-corrected chi connectivity index (χ4v) is 1.54. The minimum Gasteiger partial charge on any atom is -0.379 e. The molecule has 2 N–H and O–H groups in total. The van der Waals surface area contributed by atoms with Crippen LogP contribution in [0.5, 0.6) is 0 Å². The van der Waals surface area contributed by atoms with Gasteiger partial charge >= 0.3 is 0 Å². The number of hydrogen-bond acceptors (Lipinski definition) is 4. The van der Waals surface area contributed by atoms with E-state index in [4.69, 9.17) is 10.6 Å². The summed E-state index contributed by atoms with van der Waals surface area (Å²) in [6, 6.07) is 0.494. The Kier molecular flexibility index (Phi) is 4.76. The molecule has 1 heterocycles. The van der Waals surface area contributed by atoms with E-state index in [1.807, 2.05) is 19.4 Å². The molecule has 1 aliphatic heterocycles. The van der Waals surface area contributed by atoms with Gasteiger partial charge in [0.2, 0.25) is 0 Å². The van der Waals surface area contributed by atoms with E-state index in [0.717, 1.165) is 13.2 Å². The van der Waals surface area contributed by atoms with Crippen LogP contribution in [0.15, 0.2) is 12.4 Å². The number of ether oxygens (including phenoxy) is 1. The fourth-order valence-electron chi connectivity index (χ4n) is 1.54. The standard InChI is InChI=1S/C10H21N3O/c1-12(6-7-13(2)11)10-5-3-4-8-14-9-10/h6-7,10H,3-5,8-9,11H2,1-2H3/b7-6+. The number of nitrogens with two attached hydrogens (primary N) is 1. The lowest BCUT2D eigenvalue weighted by atomic mass is 10.1. The van der Waals surface area contributed by atoms with Crippen LogP contribution >= 0.6 is 0 Å². The van der Waals surface area contributed by atoms with Crippen molar-refractivity contribution in [3.8, 4) is 0 Å². The number of hydrazine groups is 1. The van der Waals surface area contributed by atoms with Gasteiger partial charge in [-0.25, -0.2) is 5.84 Å². The quantitative estimate of drug-likeness (QED) is 0.538. The molecule has 0 aromatic heterocycles. The smallest absolute Gasteiger partial charge is 0.0669 e. The molecule has 4 heteroatoms. The Hall–Kier alpha value is -0.740. The lowest BCUT2D eigenvalue weighted by molar-refractivity contribution is 0.101. The van der Waals surface area contributed by atoms with E-state index >= 15 is 0 Å². The molecule has 0 bridgehead atoms. The van der Waals surface area contributed by atoms with Gasteiger partial charge in [-0.1, -0.05) is 0 Å². The first kappa shape index (κ1) is 11.3. The second kappa shape index (κ2) is 5.88. The highest BCUT2D eigenvalue weighted by Gasteiger charge is 2.14. The zero-order valence-electron chi connectivity index (χ0n) is 9.15. The summed E-state index contributed by atoms with van der Waals surface area (Å²) in [5.74, 6) is 5.49. The van der Waals surface area contributed by atoms with Crippen molar-refractivity contribution in [2.75, 3.05) is 27.3 Å². The van der Waals surface area contributed by atoms with Gasteiger partial charge in [0.05, 0.1) is 12.6 Å². The van der Waals surface area contributed by atoms with Gasteiger partial charge in [-0.3, -0.25) is 0 Å². The maximum Gasteiger partial charge on any atom is 0.0669 e. The minimum absolute atomic E-state index is 0.494. The Morgan fingerprint density at radius 1 is 1.29 bits per heavy atom. The number of nitrogens with zero attached hydrogens (tertiary/aromatic N) is 2. The van der Waals surface area contributed by atoms with E-state index in [1.165, 1.54) is 19.3 Å². The van der Waals surface area contributed by atoms with Crippen LogP contribution in [-0.2, 0) is 4.74 Å². The maximum absolute atomic E-state index is 5.51. The van der Waals surface area contributed by atoms with Gasteiger partial charge in [0.25, 0.3) is 0 Å². The monoisotopic (exact) mass is 199 g/mol. The SMILES string of the molecule is CN(N)/C=C/N(C)C1CCCCOC1. The zero-order valence-corrected chi connectivity index (χ0v) is 9.15. The summed E-state index contributed by atoms with van der Waals surface area (Å²) in [6.07, 6.45) is 7.49. The summed E-state index contributed by atoms with van der Waals surface area (Å²) < 4.78 is 5.51. The first-order valence-corrected chi connectivity index (χ1v) is 5.15. The summed E-state index contributed by atoms with van der Waals surface area (Å²) in [6.45, 7) is 1.74. The van der Waals surface area contributed by atoms with E-state index < -0.39 is 0 Å². The molecule has 0 saturated carbocycles. The predicted octanol–water partition coefficient (Wildman–Crippen LogP) is 0.764. The molecule has 0 aliphatic carbocycles.